The van der Waals surface area contributed by atoms with Gasteiger partial charge in [0.15, 0.2) is 34.5 Å². The standard InChI is InChI=1S/C32H32FN5O3.C27H25FN4O3.C26H24FN5O4/c1-32(2,3)17-23(18-34)31(39)37-15-6-7-22(20-37)30-36-29(25-19-35-14-16-38(25)30)21-10-12-24(13-11-21)41-27-9-5-8-26(40-4)28(27)33;1-3-24(33)31-14-5-6-19(17-31)27-30-26(21-16-29-13-15-32(21)27)18-9-11-20(12-10-18)35-23-8-4-7-22(34-2)25(23)28;1-35-20-5-2-6-21(22(20)27)36-18-9-7-16(8-10-18)23-19-14-29-11-13-32(19)25(30-23)17-4-3-12-31(15-17)26(34)24(28)33/h5,8-14,16-17,19,22H,6-7,15,20H2,1-4H3;3-4,7-13,15-16,19H,1,5-6,14,17H2,2H3;2,5-11,13-14,17H,3-4,12,15H2,1H3,(H2,28,33)/b23-17+;;/t22-;19-;17-/m111/s1. The van der Waals surface area contributed by atoms with E-state index in [4.69, 9.17) is 49.1 Å². The van der Waals surface area contributed by atoms with Gasteiger partial charge in [-0.25, -0.2) is 15.0 Å². The first-order valence-electron chi connectivity index (χ1n) is 36.4. The molecule has 15 rings (SSSR count). The zero-order valence-electron chi connectivity index (χ0n) is 62.5. The van der Waals surface area contributed by atoms with Crippen molar-refractivity contribution in [1.29, 1.82) is 5.26 Å². The number of carbonyl (C=O) groups excluding carboxylic acids is 4. The monoisotopic (exact) mass is 1510 g/mol. The van der Waals surface area contributed by atoms with Gasteiger partial charge in [-0.1, -0.05) is 51.6 Å². The van der Waals surface area contributed by atoms with Gasteiger partial charge in [-0.05, 0) is 159 Å². The average Bonchev–Trinajstić information content (AvgIpc) is 1.63. The fraction of sp³-hybridized carbons (Fsp3) is 0.259. The molecule has 0 saturated carbocycles. The molecule has 3 aliphatic heterocycles. The number of hydrogen-bond acceptors (Lipinski definition) is 17. The van der Waals surface area contributed by atoms with E-state index in [-0.39, 0.29) is 75.1 Å². The number of rotatable bonds is 17. The molecule has 2 N–H and O–H groups in total. The van der Waals surface area contributed by atoms with E-state index in [1.807, 2.05) is 93.9 Å². The van der Waals surface area contributed by atoms with Crippen molar-refractivity contribution in [2.24, 2.45) is 11.1 Å². The first-order valence-corrected chi connectivity index (χ1v) is 36.4. The number of methoxy groups -OCH3 is 3. The van der Waals surface area contributed by atoms with Gasteiger partial charge in [0.2, 0.25) is 23.4 Å². The number of nitriles is 1. The van der Waals surface area contributed by atoms with E-state index in [0.717, 1.165) is 113 Å². The minimum atomic E-state index is -0.954. The molecular formula is C85H81F3N14O10. The van der Waals surface area contributed by atoms with Gasteiger partial charge in [0.05, 0.1) is 73.6 Å². The number of piperidine rings is 3. The molecule has 9 heterocycles. The summed E-state index contributed by atoms with van der Waals surface area (Å²) >= 11 is 0. The first-order chi connectivity index (χ1) is 54.2. The lowest BCUT2D eigenvalue weighted by atomic mass is 9.92. The van der Waals surface area contributed by atoms with Crippen LogP contribution in [0.15, 0.2) is 207 Å². The normalized spacial score (nSPS) is 15.8. The van der Waals surface area contributed by atoms with Gasteiger partial charge in [-0.15, -0.1) is 0 Å². The second kappa shape index (κ2) is 34.0. The number of halogens is 3. The van der Waals surface area contributed by atoms with Crippen LogP contribution in [-0.2, 0) is 19.2 Å². The molecule has 6 aromatic carbocycles. The van der Waals surface area contributed by atoms with Crippen LogP contribution in [0.25, 0.3) is 50.3 Å². The predicted octanol–water partition coefficient (Wildman–Crippen LogP) is 15.3. The Morgan fingerprint density at radius 3 is 1.12 bits per heavy atom. The van der Waals surface area contributed by atoms with Crippen LogP contribution in [-0.4, -0.2) is 142 Å². The van der Waals surface area contributed by atoms with Crippen LogP contribution < -0.4 is 34.2 Å². The van der Waals surface area contributed by atoms with Crippen molar-refractivity contribution in [3.8, 4) is 91.6 Å². The summed E-state index contributed by atoms with van der Waals surface area (Å²) in [5.74, 6) is 0.936. The molecule has 24 nitrogen and oxygen atoms in total. The Morgan fingerprint density at radius 2 is 0.812 bits per heavy atom. The summed E-state index contributed by atoms with van der Waals surface area (Å²) in [6.45, 7) is 12.8. The highest BCUT2D eigenvalue weighted by atomic mass is 19.1. The molecule has 3 aliphatic rings. The van der Waals surface area contributed by atoms with Gasteiger partial charge in [-0.2, -0.15) is 18.4 Å². The Balaban J connectivity index is 0.000000148. The van der Waals surface area contributed by atoms with Crippen LogP contribution >= 0.6 is 0 Å². The number of hydrogen-bond donors (Lipinski definition) is 1. The van der Waals surface area contributed by atoms with Crippen LogP contribution in [0, 0.1) is 34.2 Å². The fourth-order valence-electron chi connectivity index (χ4n) is 14.2. The van der Waals surface area contributed by atoms with Gasteiger partial charge in [-0.3, -0.25) is 47.3 Å². The molecule has 3 saturated heterocycles. The quantitative estimate of drug-likeness (QED) is 0.0504. The van der Waals surface area contributed by atoms with Crippen molar-refractivity contribution < 1.29 is 60.8 Å². The van der Waals surface area contributed by atoms with E-state index in [2.05, 4.69) is 27.6 Å². The van der Waals surface area contributed by atoms with Crippen LogP contribution in [0.3, 0.4) is 0 Å². The molecule has 3 fully saturated rings. The second-order valence-corrected chi connectivity index (χ2v) is 28.1. The number of benzene rings is 6. The van der Waals surface area contributed by atoms with E-state index >= 15 is 0 Å². The van der Waals surface area contributed by atoms with E-state index in [1.165, 1.54) is 50.5 Å². The number of amides is 4. The maximum absolute atomic E-state index is 14.6. The predicted molar refractivity (Wildman–Crippen MR) is 413 cm³/mol. The maximum Gasteiger partial charge on any atom is 0.311 e. The van der Waals surface area contributed by atoms with Crippen LogP contribution in [0.5, 0.6) is 51.7 Å². The zero-order valence-corrected chi connectivity index (χ0v) is 62.5. The lowest BCUT2D eigenvalue weighted by Gasteiger charge is -2.32. The number of nitrogens with two attached hydrogens (primary N) is 1. The summed E-state index contributed by atoms with van der Waals surface area (Å²) in [6, 6.07) is 38.1. The number of nitrogens with zero attached hydrogens (tertiary/aromatic N) is 13. The van der Waals surface area contributed by atoms with Crippen molar-refractivity contribution in [3.05, 3.63) is 242 Å². The van der Waals surface area contributed by atoms with E-state index < -0.39 is 29.3 Å². The largest absolute Gasteiger partial charge is 0.494 e. The highest BCUT2D eigenvalue weighted by Crippen LogP contribution is 2.40. The highest BCUT2D eigenvalue weighted by Gasteiger charge is 2.34. The number of allylic oxidation sites excluding steroid dienone is 1. The average molecular weight is 1520 g/mol. The number of aromatic nitrogens is 9. The molecule has 572 valence electrons. The summed E-state index contributed by atoms with van der Waals surface area (Å²) in [5, 5.41) is 9.66. The summed E-state index contributed by atoms with van der Waals surface area (Å²) < 4.78 is 81.8. The molecule has 12 aromatic rings. The number of ether oxygens (including phenoxy) is 6. The molecule has 0 spiro atoms. The van der Waals surface area contributed by atoms with Crippen molar-refractivity contribution in [1.82, 2.24) is 57.8 Å². The van der Waals surface area contributed by atoms with Crippen molar-refractivity contribution in [3.63, 3.8) is 0 Å². The second-order valence-electron chi connectivity index (χ2n) is 28.1. The van der Waals surface area contributed by atoms with Crippen molar-refractivity contribution in [2.45, 2.75) is 77.0 Å². The Morgan fingerprint density at radius 1 is 0.491 bits per heavy atom. The van der Waals surface area contributed by atoms with Crippen LogP contribution in [0.1, 0.15) is 94.5 Å². The minimum Gasteiger partial charge on any atom is -0.494 e. The molecule has 27 heteroatoms. The topological polar surface area (TPSA) is 274 Å². The van der Waals surface area contributed by atoms with Gasteiger partial charge < -0.3 is 48.9 Å². The molecule has 4 amide bonds. The molecule has 3 atom stereocenters. The molecule has 0 radical (unpaired) electrons. The van der Waals surface area contributed by atoms with Gasteiger partial charge in [0.25, 0.3) is 5.91 Å². The number of likely N-dealkylation sites (tertiary alicyclic amines) is 3. The third-order valence-corrected chi connectivity index (χ3v) is 19.5. The highest BCUT2D eigenvalue weighted by molar-refractivity contribution is 6.34. The SMILES string of the molecule is C=CC(=O)N1CCC[C@@H](c2nc(-c3ccc(Oc4cccc(OC)c4F)cc3)c3cnccn23)C1.COc1cccc(Oc2ccc(-c3nc([C@@H]4CCCN(C(=O)/C(C#N)=C/C(C)(C)C)C4)n4ccncc34)cc2)c1F.COc1cccc(Oc2ccc(-c3nc([C@@H]4CCCN(C(=O)C(N)=O)C4)n4ccncc34)cc2)c1F. The minimum absolute atomic E-state index is 0.00966. The third kappa shape index (κ3) is 16.9. The fourth-order valence-corrected chi connectivity index (χ4v) is 14.2. The summed E-state index contributed by atoms with van der Waals surface area (Å²) in [5.41, 5.74) is 12.4. The van der Waals surface area contributed by atoms with E-state index in [0.29, 0.717) is 50.0 Å². The number of primary amides is 1. The zero-order chi connectivity index (χ0) is 78.7. The smallest absolute Gasteiger partial charge is 0.311 e. The number of carbonyl (C=O) groups is 4. The summed E-state index contributed by atoms with van der Waals surface area (Å²) in [7, 11) is 4.22. The molecular weight excluding hydrogens is 1430 g/mol. The molecule has 0 bridgehead atoms. The van der Waals surface area contributed by atoms with Crippen molar-refractivity contribution in [2.75, 3.05) is 60.6 Å². The van der Waals surface area contributed by atoms with Crippen LogP contribution in [0.4, 0.5) is 13.2 Å². The first kappa shape index (κ1) is 76.8. The lowest BCUT2D eigenvalue weighted by molar-refractivity contribution is -0.145. The van der Waals surface area contributed by atoms with Gasteiger partial charge in [0, 0.05) is 111 Å². The lowest BCUT2D eigenvalue weighted by Crippen LogP contribution is -2.45. The molecule has 112 heavy (non-hydrogen) atoms. The molecule has 0 unspecified atom stereocenters. The summed E-state index contributed by atoms with van der Waals surface area (Å²) in [6.07, 6.45) is 24.2. The number of imidazole rings is 3. The Labute approximate surface area is 643 Å². The van der Waals surface area contributed by atoms with Crippen LogP contribution in [0.2, 0.25) is 0 Å². The van der Waals surface area contributed by atoms with E-state index in [9.17, 15) is 37.6 Å². The Hall–Kier alpha value is -13.4. The molecule has 0 aliphatic carbocycles. The number of fused-ring (bicyclic) bond motifs is 3. The summed E-state index contributed by atoms with van der Waals surface area (Å²) in [4.78, 5) is 81.9. The molecule has 6 aromatic heterocycles. The van der Waals surface area contributed by atoms with Gasteiger partial charge in [0.1, 0.15) is 46.4 Å². The van der Waals surface area contributed by atoms with Crippen molar-refractivity contribution >= 4 is 40.2 Å². The van der Waals surface area contributed by atoms with E-state index in [1.54, 1.807) is 121 Å². The Bertz CT molecular complexity index is 5540. The maximum atomic E-state index is 14.6. The van der Waals surface area contributed by atoms with Gasteiger partial charge >= 0.3 is 11.8 Å². The third-order valence-electron chi connectivity index (χ3n) is 19.5. The Kier molecular flexibility index (Phi) is 23.3.